The number of aliphatic hydroxyl groups is 1. The van der Waals surface area contributed by atoms with E-state index in [4.69, 9.17) is 18.9 Å². The number of amides is 2. The van der Waals surface area contributed by atoms with E-state index in [2.05, 4.69) is 0 Å². The Balaban J connectivity index is 1.31. The fourth-order valence-electron chi connectivity index (χ4n) is 7.64. The van der Waals surface area contributed by atoms with Crippen molar-refractivity contribution < 1.29 is 42.4 Å². The molecule has 3 atom stereocenters. The van der Waals surface area contributed by atoms with Crippen molar-refractivity contribution in [3.8, 4) is 0 Å². The van der Waals surface area contributed by atoms with E-state index in [1.165, 1.54) is 18.2 Å². The quantitative estimate of drug-likeness (QED) is 0.331. The lowest BCUT2D eigenvalue weighted by molar-refractivity contribution is -0.130. The van der Waals surface area contributed by atoms with E-state index in [1.54, 1.807) is 28.0 Å². The number of hydrogen-bond donors (Lipinski definition) is 1. The number of carbonyl (C=O) groups is 2. The van der Waals surface area contributed by atoms with Gasteiger partial charge in [0.2, 0.25) is 0 Å². The van der Waals surface area contributed by atoms with E-state index in [-0.39, 0.29) is 31.8 Å². The molecule has 4 heterocycles. The maximum Gasteiger partial charge on any atom is 0.410 e. The van der Waals surface area contributed by atoms with Gasteiger partial charge in [0.25, 0.3) is 0 Å². The molecule has 2 aromatic rings. The van der Waals surface area contributed by atoms with Crippen LogP contribution in [0, 0.1) is 11.6 Å². The van der Waals surface area contributed by atoms with Crippen LogP contribution in [0.1, 0.15) is 95.9 Å². The normalized spacial score (nSPS) is 24.2. The first kappa shape index (κ1) is 38.7. The van der Waals surface area contributed by atoms with Crippen LogP contribution in [-0.4, -0.2) is 89.9 Å². The van der Waals surface area contributed by atoms with Crippen LogP contribution >= 0.6 is 0 Å². The summed E-state index contributed by atoms with van der Waals surface area (Å²) in [5, 5.41) is 12.5. The van der Waals surface area contributed by atoms with E-state index < -0.39 is 47.0 Å². The number of benzene rings is 2. The molecule has 1 N–H and O–H groups in total. The van der Waals surface area contributed by atoms with Crippen molar-refractivity contribution in [1.82, 2.24) is 9.80 Å². The van der Waals surface area contributed by atoms with Gasteiger partial charge < -0.3 is 29.0 Å². The van der Waals surface area contributed by atoms with E-state index in [1.807, 2.05) is 59.8 Å². The Morgan fingerprint density at radius 2 is 1.47 bits per heavy atom. The van der Waals surface area contributed by atoms with Gasteiger partial charge in [0.15, 0.2) is 0 Å². The number of nitrogens with zero attached hydrogens (tertiary/aromatic N) is 2. The minimum absolute atomic E-state index is 0.124. The Hall–Kier alpha value is -4.06. The van der Waals surface area contributed by atoms with Crippen molar-refractivity contribution in [3.63, 3.8) is 0 Å². The summed E-state index contributed by atoms with van der Waals surface area (Å²) in [7, 11) is 0. The van der Waals surface area contributed by atoms with Gasteiger partial charge >= 0.3 is 12.2 Å². The van der Waals surface area contributed by atoms with Crippen molar-refractivity contribution in [2.45, 2.75) is 103 Å². The SMILES string of the molecule is CC(C)(C)OC(=O)N1CC=C(c2cc(F)ccc2C2(O)CCOC(C3CC(c4cc(F)ccc4C4=CCOCC4)=CCN3C(=O)OC(C)(C)C)C2)CC1. The standard InChI is InChI=1S/C42H52F2N2O7/c1-40(2,3)52-38(47)45-17-11-27(12-18-45)34-25-31(44)8-10-35(34)42(49)16-22-51-37(26-42)36-23-29(13-19-46(36)39(48)53-41(4,5)6)33-24-30(43)7-9-32(33)28-14-20-50-21-15-28/h7-11,13-14,24-25,36-37,49H,12,15-23,26H2,1-6H3. The van der Waals surface area contributed by atoms with Crippen LogP contribution in [0.3, 0.4) is 0 Å². The van der Waals surface area contributed by atoms with Gasteiger partial charge in [-0.25, -0.2) is 18.4 Å². The van der Waals surface area contributed by atoms with Gasteiger partial charge in [-0.05, 0) is 124 Å². The average Bonchev–Trinajstić information content (AvgIpc) is 3.10. The number of carbonyl (C=O) groups excluding carboxylic acids is 2. The van der Waals surface area contributed by atoms with Crippen molar-refractivity contribution in [2.75, 3.05) is 39.5 Å². The predicted octanol–water partition coefficient (Wildman–Crippen LogP) is 8.25. The Bertz CT molecular complexity index is 1810. The van der Waals surface area contributed by atoms with Crippen LogP contribution in [0.5, 0.6) is 0 Å². The molecular formula is C42H52F2N2O7. The van der Waals surface area contributed by atoms with Gasteiger partial charge in [0, 0.05) is 32.5 Å². The van der Waals surface area contributed by atoms with Gasteiger partial charge in [-0.3, -0.25) is 4.90 Å². The van der Waals surface area contributed by atoms with Crippen molar-refractivity contribution in [2.24, 2.45) is 0 Å². The summed E-state index contributed by atoms with van der Waals surface area (Å²) in [5.41, 5.74) is 2.81. The molecule has 0 aromatic heterocycles. The summed E-state index contributed by atoms with van der Waals surface area (Å²) in [5.74, 6) is -0.795. The topological polar surface area (TPSA) is 97.8 Å². The Kier molecular flexibility index (Phi) is 11.2. The van der Waals surface area contributed by atoms with Gasteiger partial charge in [-0.2, -0.15) is 0 Å². The van der Waals surface area contributed by atoms with Gasteiger partial charge in [-0.1, -0.05) is 30.4 Å². The molecular weight excluding hydrogens is 682 g/mol. The first-order valence-corrected chi connectivity index (χ1v) is 18.6. The molecule has 0 aliphatic carbocycles. The molecule has 1 fully saturated rings. The zero-order valence-electron chi connectivity index (χ0n) is 31.7. The molecule has 11 heteroatoms. The minimum atomic E-state index is -1.42. The third-order valence-corrected chi connectivity index (χ3v) is 10.1. The molecule has 4 aliphatic heterocycles. The highest BCUT2D eigenvalue weighted by Crippen LogP contribution is 2.44. The summed E-state index contributed by atoms with van der Waals surface area (Å²) in [6.45, 7) is 13.0. The molecule has 53 heavy (non-hydrogen) atoms. The second kappa shape index (κ2) is 15.4. The maximum absolute atomic E-state index is 14.9. The molecule has 0 saturated carbocycles. The lowest BCUT2D eigenvalue weighted by Crippen LogP contribution is -2.54. The van der Waals surface area contributed by atoms with Crippen LogP contribution in [0.25, 0.3) is 16.7 Å². The number of rotatable bonds is 5. The van der Waals surface area contributed by atoms with Crippen molar-refractivity contribution in [1.29, 1.82) is 0 Å². The highest BCUT2D eigenvalue weighted by molar-refractivity contribution is 5.82. The summed E-state index contributed by atoms with van der Waals surface area (Å²) in [4.78, 5) is 29.7. The smallest absolute Gasteiger partial charge is 0.410 e. The molecule has 0 bridgehead atoms. The zero-order valence-corrected chi connectivity index (χ0v) is 31.7. The highest BCUT2D eigenvalue weighted by atomic mass is 19.1. The second-order valence-electron chi connectivity index (χ2n) is 16.4. The van der Waals surface area contributed by atoms with Crippen LogP contribution in [0.2, 0.25) is 0 Å². The van der Waals surface area contributed by atoms with Crippen LogP contribution < -0.4 is 0 Å². The molecule has 6 rings (SSSR count). The number of ether oxygens (including phenoxy) is 4. The Morgan fingerprint density at radius 1 is 0.811 bits per heavy atom. The van der Waals surface area contributed by atoms with E-state index in [9.17, 15) is 23.5 Å². The third-order valence-electron chi connectivity index (χ3n) is 10.1. The Labute approximate surface area is 311 Å². The number of halogens is 2. The molecule has 0 spiro atoms. The second-order valence-corrected chi connectivity index (χ2v) is 16.4. The highest BCUT2D eigenvalue weighted by Gasteiger charge is 2.45. The van der Waals surface area contributed by atoms with E-state index in [0.717, 1.165) is 27.8 Å². The Morgan fingerprint density at radius 3 is 2.13 bits per heavy atom. The third kappa shape index (κ3) is 9.19. The van der Waals surface area contributed by atoms with Crippen molar-refractivity contribution in [3.05, 3.63) is 88.5 Å². The lowest BCUT2D eigenvalue weighted by Gasteiger charge is -2.46. The van der Waals surface area contributed by atoms with E-state index >= 15 is 0 Å². The summed E-state index contributed by atoms with van der Waals surface area (Å²) >= 11 is 0. The predicted molar refractivity (Wildman–Crippen MR) is 199 cm³/mol. The summed E-state index contributed by atoms with van der Waals surface area (Å²) in [6, 6.07) is 8.67. The molecule has 3 unspecified atom stereocenters. The minimum Gasteiger partial charge on any atom is -0.444 e. The van der Waals surface area contributed by atoms with Gasteiger partial charge in [-0.15, -0.1) is 0 Å². The zero-order chi connectivity index (χ0) is 38.1. The summed E-state index contributed by atoms with van der Waals surface area (Å²) in [6.07, 6.45) is 6.17. The molecule has 9 nitrogen and oxygen atoms in total. The average molecular weight is 735 g/mol. The van der Waals surface area contributed by atoms with Crippen LogP contribution in [-0.2, 0) is 24.5 Å². The molecule has 2 aromatic carbocycles. The molecule has 286 valence electrons. The van der Waals surface area contributed by atoms with Gasteiger partial charge in [0.05, 0.1) is 37.6 Å². The van der Waals surface area contributed by atoms with E-state index in [0.29, 0.717) is 56.7 Å². The summed E-state index contributed by atoms with van der Waals surface area (Å²) < 4.78 is 53.1. The molecule has 1 saturated heterocycles. The lowest BCUT2D eigenvalue weighted by atomic mass is 9.76. The van der Waals surface area contributed by atoms with Crippen molar-refractivity contribution >= 4 is 28.9 Å². The molecule has 2 amide bonds. The van der Waals surface area contributed by atoms with Crippen LogP contribution in [0.15, 0.2) is 54.6 Å². The monoisotopic (exact) mass is 734 g/mol. The first-order valence-electron chi connectivity index (χ1n) is 18.6. The maximum atomic E-state index is 14.9. The molecule has 4 aliphatic rings. The van der Waals surface area contributed by atoms with Crippen LogP contribution in [0.4, 0.5) is 18.4 Å². The van der Waals surface area contributed by atoms with Gasteiger partial charge in [0.1, 0.15) is 22.8 Å². The molecule has 0 radical (unpaired) electrons. The fourth-order valence-corrected chi connectivity index (χ4v) is 7.64. The fraction of sp³-hybridized carbons (Fsp3) is 0.524. The number of hydrogen-bond acceptors (Lipinski definition) is 7. The largest absolute Gasteiger partial charge is 0.444 e. The first-order chi connectivity index (χ1) is 25.0.